The van der Waals surface area contributed by atoms with Crippen molar-refractivity contribution in [2.45, 2.75) is 51.1 Å². The van der Waals surface area contributed by atoms with Gasteiger partial charge in [0.05, 0.1) is 18.3 Å². The maximum atomic E-state index is 12.7. The lowest BCUT2D eigenvalue weighted by atomic mass is 10.1. The number of aromatic nitrogens is 4. The number of fused-ring (bicyclic) bond motifs is 1. The highest BCUT2D eigenvalue weighted by molar-refractivity contribution is 6.31. The maximum absolute atomic E-state index is 12.7. The standard InChI is InChI=1S/C22H26ClN5O3.C2HF3O2/c1-13-9-16(3-4-19(13)23)31-17-11-27(12-17)14(2)20-25-21-18(22(29)26-20)10-24-28(21)15-5-7-30-8-6-15;3-2(4,5)1(6)7/h3-4,9-10,14-15,17H,5-8,11-12H2,1-2H3,(H,25,26,29);(H,6,7). The molecule has 1 aromatic carbocycles. The van der Waals surface area contributed by atoms with Crippen LogP contribution < -0.4 is 10.3 Å². The molecule has 1 unspecified atom stereocenters. The quantitative estimate of drug-likeness (QED) is 0.484. The maximum Gasteiger partial charge on any atom is 0.490 e. The average Bonchev–Trinajstić information content (AvgIpc) is 3.28. The SMILES string of the molecule is Cc1cc(OC2CN(C(C)c3nc4c(cnn4C4CCOCC4)c(=O)[nH]3)C2)ccc1Cl.O=C(O)C(F)(F)F. The van der Waals surface area contributed by atoms with Crippen LogP contribution in [0.5, 0.6) is 5.75 Å². The zero-order chi connectivity index (χ0) is 27.6. The molecule has 206 valence electrons. The highest BCUT2D eigenvalue weighted by Gasteiger charge is 2.38. The lowest BCUT2D eigenvalue weighted by Crippen LogP contribution is -2.54. The zero-order valence-electron chi connectivity index (χ0n) is 20.7. The molecule has 3 aromatic rings. The van der Waals surface area contributed by atoms with E-state index >= 15 is 0 Å². The zero-order valence-corrected chi connectivity index (χ0v) is 21.4. The van der Waals surface area contributed by atoms with Crippen molar-refractivity contribution in [2.75, 3.05) is 26.3 Å². The van der Waals surface area contributed by atoms with Gasteiger partial charge in [0.2, 0.25) is 0 Å². The summed E-state index contributed by atoms with van der Waals surface area (Å²) in [5, 5.41) is 12.9. The molecule has 2 aromatic heterocycles. The van der Waals surface area contributed by atoms with Gasteiger partial charge < -0.3 is 19.6 Å². The third kappa shape index (κ3) is 6.27. The Labute approximate surface area is 220 Å². The largest absolute Gasteiger partial charge is 0.490 e. The van der Waals surface area contributed by atoms with E-state index in [9.17, 15) is 18.0 Å². The summed E-state index contributed by atoms with van der Waals surface area (Å²) >= 11 is 6.09. The van der Waals surface area contributed by atoms with Gasteiger partial charge in [-0.25, -0.2) is 14.5 Å². The summed E-state index contributed by atoms with van der Waals surface area (Å²) in [7, 11) is 0. The summed E-state index contributed by atoms with van der Waals surface area (Å²) in [6, 6.07) is 5.90. The molecule has 14 heteroatoms. The molecule has 2 aliphatic heterocycles. The molecule has 2 fully saturated rings. The van der Waals surface area contributed by atoms with Gasteiger partial charge in [-0.05, 0) is 50.5 Å². The molecular formula is C24H27ClF3N5O5. The van der Waals surface area contributed by atoms with E-state index in [1.54, 1.807) is 6.20 Å². The van der Waals surface area contributed by atoms with Crippen LogP contribution in [0.3, 0.4) is 0 Å². The molecule has 2 N–H and O–H groups in total. The van der Waals surface area contributed by atoms with Gasteiger partial charge >= 0.3 is 12.1 Å². The number of nitrogens with one attached hydrogen (secondary N) is 1. The van der Waals surface area contributed by atoms with E-state index in [2.05, 4.69) is 21.9 Å². The summed E-state index contributed by atoms with van der Waals surface area (Å²) in [6.07, 6.45) is -1.60. The fourth-order valence-electron chi connectivity index (χ4n) is 4.26. The van der Waals surface area contributed by atoms with Crippen molar-refractivity contribution in [3.05, 3.63) is 51.2 Å². The number of nitrogens with zero attached hydrogens (tertiary/aromatic N) is 4. The lowest BCUT2D eigenvalue weighted by molar-refractivity contribution is -0.192. The van der Waals surface area contributed by atoms with Crippen LogP contribution in [0.2, 0.25) is 5.02 Å². The Hall–Kier alpha value is -3.16. The highest BCUT2D eigenvalue weighted by atomic mass is 35.5. The normalized spacial score (nSPS) is 17.9. The molecule has 4 heterocycles. The monoisotopic (exact) mass is 557 g/mol. The first-order valence-electron chi connectivity index (χ1n) is 12.0. The fourth-order valence-corrected chi connectivity index (χ4v) is 4.38. The molecule has 0 amide bonds. The number of hydrogen-bond acceptors (Lipinski definition) is 7. The Bertz CT molecular complexity index is 1350. The molecule has 38 heavy (non-hydrogen) atoms. The van der Waals surface area contributed by atoms with Gasteiger partial charge in [0.15, 0.2) is 5.65 Å². The second-order valence-electron chi connectivity index (χ2n) is 9.20. The number of aryl methyl sites for hydroxylation is 1. The molecule has 1 atom stereocenters. The van der Waals surface area contributed by atoms with E-state index in [1.165, 1.54) is 0 Å². The van der Waals surface area contributed by atoms with Crippen LogP contribution in [0, 0.1) is 6.92 Å². The third-order valence-corrected chi connectivity index (χ3v) is 6.94. The number of H-pyrrole nitrogens is 1. The number of likely N-dealkylation sites (tertiary alicyclic amines) is 1. The van der Waals surface area contributed by atoms with E-state index in [0.29, 0.717) is 30.1 Å². The van der Waals surface area contributed by atoms with Crippen molar-refractivity contribution in [1.29, 1.82) is 0 Å². The van der Waals surface area contributed by atoms with Crippen LogP contribution in [0.25, 0.3) is 11.0 Å². The molecule has 10 nitrogen and oxygen atoms in total. The molecule has 2 aliphatic rings. The molecule has 5 rings (SSSR count). The Kier molecular flexibility index (Phi) is 8.28. The summed E-state index contributed by atoms with van der Waals surface area (Å²) in [4.78, 5) is 31.6. The number of carbonyl (C=O) groups is 1. The Morgan fingerprint density at radius 3 is 2.55 bits per heavy atom. The smallest absolute Gasteiger partial charge is 0.488 e. The van der Waals surface area contributed by atoms with Gasteiger partial charge in [0, 0.05) is 31.3 Å². The second kappa shape index (κ2) is 11.3. The van der Waals surface area contributed by atoms with Crippen molar-refractivity contribution < 1.29 is 32.5 Å². The predicted molar refractivity (Wildman–Crippen MR) is 132 cm³/mol. The molecule has 0 saturated carbocycles. The van der Waals surface area contributed by atoms with Gasteiger partial charge in [0.1, 0.15) is 23.1 Å². The first-order valence-corrected chi connectivity index (χ1v) is 12.3. The van der Waals surface area contributed by atoms with Gasteiger partial charge in [-0.3, -0.25) is 9.69 Å². The van der Waals surface area contributed by atoms with Crippen molar-refractivity contribution in [3.8, 4) is 5.75 Å². The highest BCUT2D eigenvalue weighted by Crippen LogP contribution is 2.29. The Morgan fingerprint density at radius 2 is 1.95 bits per heavy atom. The average molecular weight is 558 g/mol. The van der Waals surface area contributed by atoms with E-state index in [-0.39, 0.29) is 23.7 Å². The topological polar surface area (TPSA) is 123 Å². The Morgan fingerprint density at radius 1 is 1.29 bits per heavy atom. The van der Waals surface area contributed by atoms with Gasteiger partial charge in [-0.15, -0.1) is 0 Å². The first-order chi connectivity index (χ1) is 17.9. The minimum absolute atomic E-state index is 0.0260. The van der Waals surface area contributed by atoms with Gasteiger partial charge in [-0.2, -0.15) is 18.3 Å². The van der Waals surface area contributed by atoms with E-state index in [1.807, 2.05) is 29.8 Å². The number of halogens is 4. The van der Waals surface area contributed by atoms with Gasteiger partial charge in [0.25, 0.3) is 5.56 Å². The van der Waals surface area contributed by atoms with E-state index in [4.69, 9.17) is 36.0 Å². The molecule has 2 saturated heterocycles. The summed E-state index contributed by atoms with van der Waals surface area (Å²) in [5.74, 6) is -1.27. The van der Waals surface area contributed by atoms with Crippen molar-refractivity contribution in [1.82, 2.24) is 24.6 Å². The number of aliphatic carboxylic acids is 1. The van der Waals surface area contributed by atoms with Crippen LogP contribution in [-0.4, -0.2) is 74.3 Å². The van der Waals surface area contributed by atoms with Crippen LogP contribution in [-0.2, 0) is 9.53 Å². The van der Waals surface area contributed by atoms with E-state index in [0.717, 1.165) is 42.3 Å². The summed E-state index contributed by atoms with van der Waals surface area (Å²) < 4.78 is 45.2. The minimum Gasteiger partial charge on any atom is -0.488 e. The minimum atomic E-state index is -5.08. The summed E-state index contributed by atoms with van der Waals surface area (Å²) in [6.45, 7) is 6.98. The number of hydrogen-bond donors (Lipinski definition) is 2. The Balaban J connectivity index is 0.000000426. The fraction of sp³-hybridized carbons (Fsp3) is 0.500. The molecular weight excluding hydrogens is 531 g/mol. The third-order valence-electron chi connectivity index (χ3n) is 6.51. The molecule has 0 aliphatic carbocycles. The number of rotatable bonds is 5. The number of ether oxygens (including phenoxy) is 2. The van der Waals surface area contributed by atoms with Gasteiger partial charge in [-0.1, -0.05) is 11.6 Å². The second-order valence-corrected chi connectivity index (χ2v) is 9.61. The molecule has 0 spiro atoms. The predicted octanol–water partition coefficient (Wildman–Crippen LogP) is 3.89. The van der Waals surface area contributed by atoms with Crippen molar-refractivity contribution in [3.63, 3.8) is 0 Å². The first kappa shape index (κ1) is 27.9. The molecule has 0 bridgehead atoms. The number of alkyl halides is 3. The molecule has 0 radical (unpaired) electrons. The van der Waals surface area contributed by atoms with Crippen LogP contribution in [0.15, 0.2) is 29.2 Å². The van der Waals surface area contributed by atoms with Crippen molar-refractivity contribution >= 4 is 28.6 Å². The lowest BCUT2D eigenvalue weighted by Gasteiger charge is -2.42. The summed E-state index contributed by atoms with van der Waals surface area (Å²) in [5.41, 5.74) is 1.51. The number of carboxylic acid groups (broad SMARTS) is 1. The number of benzene rings is 1. The van der Waals surface area contributed by atoms with Crippen molar-refractivity contribution in [2.24, 2.45) is 0 Å². The van der Waals surface area contributed by atoms with E-state index < -0.39 is 12.1 Å². The number of carboxylic acids is 1. The number of aromatic amines is 1. The van der Waals surface area contributed by atoms with Crippen LogP contribution >= 0.6 is 11.6 Å². The van der Waals surface area contributed by atoms with Crippen LogP contribution in [0.1, 0.15) is 43.2 Å². The van der Waals surface area contributed by atoms with Crippen LogP contribution in [0.4, 0.5) is 13.2 Å².